The molecule has 2 N–H and O–H groups in total. The minimum Gasteiger partial charge on any atom is -0.490 e. The number of hydrogen-bond acceptors (Lipinski definition) is 11. The van der Waals surface area contributed by atoms with Gasteiger partial charge in [-0.25, -0.2) is 4.98 Å². The monoisotopic (exact) mass is 725 g/mol. The first kappa shape index (κ1) is 35.6. The van der Waals surface area contributed by atoms with Crippen LogP contribution in [0.1, 0.15) is 78.9 Å². The van der Waals surface area contributed by atoms with Crippen molar-refractivity contribution in [2.24, 2.45) is 11.7 Å². The zero-order chi connectivity index (χ0) is 36.2. The van der Waals surface area contributed by atoms with E-state index in [2.05, 4.69) is 31.0 Å². The number of anilines is 2. The molecule has 5 heterocycles. The van der Waals surface area contributed by atoms with Crippen LogP contribution in [0.3, 0.4) is 0 Å². The van der Waals surface area contributed by atoms with Gasteiger partial charge in [0.15, 0.2) is 11.5 Å². The lowest BCUT2D eigenvalue weighted by Gasteiger charge is -2.40. The lowest BCUT2D eigenvalue weighted by Crippen LogP contribution is -2.51. The number of carbonyl (C=O) groups excluding carboxylic acids is 3. The van der Waals surface area contributed by atoms with Crippen molar-refractivity contribution < 1.29 is 19.1 Å². The summed E-state index contributed by atoms with van der Waals surface area (Å²) in [7, 11) is 0. The Hall–Kier alpha value is -4.80. The predicted molar refractivity (Wildman–Crippen MR) is 195 cm³/mol. The third kappa shape index (κ3) is 7.98. The average molecular weight is 726 g/mol. The van der Waals surface area contributed by atoms with E-state index < -0.39 is 5.91 Å². The summed E-state index contributed by atoms with van der Waals surface area (Å²) in [6.45, 7) is 6.61. The first-order chi connectivity index (χ1) is 25.2. The van der Waals surface area contributed by atoms with Crippen LogP contribution < -0.4 is 20.3 Å². The van der Waals surface area contributed by atoms with Gasteiger partial charge < -0.3 is 20.3 Å². The maximum Gasteiger partial charge on any atom is 0.269 e. The SMILES string of the molecule is N#Cc1ccc(OC2CCC(N3C(=O)CCC(c4ccc(N5CCN(CC6CCN(c7ccc(C(N)=O)nn7)CC6)CC5)nc4)C3=O)CC2)cc1Cl. The fourth-order valence-corrected chi connectivity index (χ4v) is 8.27. The van der Waals surface area contributed by atoms with E-state index in [1.54, 1.807) is 24.3 Å². The van der Waals surface area contributed by atoms with Crippen molar-refractivity contribution in [2.45, 2.75) is 69.4 Å². The first-order valence-corrected chi connectivity index (χ1v) is 18.7. The molecule has 0 spiro atoms. The van der Waals surface area contributed by atoms with Gasteiger partial charge >= 0.3 is 0 Å². The quantitative estimate of drug-likeness (QED) is 0.316. The summed E-state index contributed by atoms with van der Waals surface area (Å²) in [5.41, 5.74) is 6.73. The fraction of sp³-hybridized carbons (Fsp3) is 0.500. The molecule has 13 nitrogen and oxygen atoms in total. The summed E-state index contributed by atoms with van der Waals surface area (Å²) < 4.78 is 6.13. The highest BCUT2D eigenvalue weighted by molar-refractivity contribution is 6.31. The number of piperidine rings is 2. The van der Waals surface area contributed by atoms with Crippen molar-refractivity contribution in [3.8, 4) is 11.8 Å². The van der Waals surface area contributed by atoms with Gasteiger partial charge in [-0.1, -0.05) is 17.7 Å². The van der Waals surface area contributed by atoms with Gasteiger partial charge in [-0.2, -0.15) is 5.26 Å². The van der Waals surface area contributed by atoms with Crippen molar-refractivity contribution in [2.75, 3.05) is 55.6 Å². The van der Waals surface area contributed by atoms with E-state index in [1.165, 1.54) is 4.90 Å². The van der Waals surface area contributed by atoms with Crippen LogP contribution in [0.4, 0.5) is 11.6 Å². The number of aromatic nitrogens is 3. The van der Waals surface area contributed by atoms with E-state index in [0.29, 0.717) is 47.9 Å². The summed E-state index contributed by atoms with van der Waals surface area (Å²) in [5.74, 6) is 1.77. The van der Waals surface area contributed by atoms with E-state index in [4.69, 9.17) is 32.3 Å². The zero-order valence-corrected chi connectivity index (χ0v) is 30.0. The standard InChI is InChI=1S/C38H44ClN9O4/c39-32-21-30(5-1-26(32)22-40)52-29-6-3-28(4-7-29)48-36(49)12-8-31(38(48)51)27-2-10-34(42-23-27)47-19-17-45(18-20-47)24-25-13-15-46(16-14-25)35-11-9-33(37(41)50)43-44-35/h1-2,5,9-11,21,23,25,28-29,31H,3-4,6-8,12-20,24H2,(H2,41,50). The van der Waals surface area contributed by atoms with E-state index in [-0.39, 0.29) is 35.6 Å². The molecule has 4 fully saturated rings. The second kappa shape index (κ2) is 15.8. The number of likely N-dealkylation sites (tertiary alicyclic amines) is 1. The van der Waals surface area contributed by atoms with Gasteiger partial charge in [-0.15, -0.1) is 10.2 Å². The van der Waals surface area contributed by atoms with Crippen molar-refractivity contribution >= 4 is 41.0 Å². The van der Waals surface area contributed by atoms with Gasteiger partial charge in [0.2, 0.25) is 11.8 Å². The molecule has 1 unspecified atom stereocenters. The van der Waals surface area contributed by atoms with E-state index in [1.807, 2.05) is 24.4 Å². The molecule has 3 aliphatic heterocycles. The summed E-state index contributed by atoms with van der Waals surface area (Å²) in [6.07, 6.45) is 7.60. The van der Waals surface area contributed by atoms with Gasteiger partial charge in [0.05, 0.1) is 22.6 Å². The molecule has 272 valence electrons. The normalized spacial score (nSPS) is 23.4. The van der Waals surface area contributed by atoms with Crippen molar-refractivity contribution in [3.63, 3.8) is 0 Å². The summed E-state index contributed by atoms with van der Waals surface area (Å²) in [4.78, 5) is 51.5. The van der Waals surface area contributed by atoms with Crippen LogP contribution in [0.25, 0.3) is 0 Å². The number of imide groups is 1. The van der Waals surface area contributed by atoms with E-state index in [0.717, 1.165) is 88.7 Å². The molecule has 52 heavy (non-hydrogen) atoms. The number of nitrogens with zero attached hydrogens (tertiary/aromatic N) is 8. The molecule has 2 aromatic heterocycles. The lowest BCUT2D eigenvalue weighted by molar-refractivity contribution is -0.153. The fourth-order valence-electron chi connectivity index (χ4n) is 8.05. The minimum atomic E-state index is -0.570. The number of primary amides is 1. The molecule has 3 aromatic rings. The van der Waals surface area contributed by atoms with Crippen LogP contribution in [0.2, 0.25) is 5.02 Å². The number of amides is 3. The molecule has 14 heteroatoms. The predicted octanol–water partition coefficient (Wildman–Crippen LogP) is 4.16. The topological polar surface area (TPSA) is 162 Å². The molecule has 7 rings (SSSR count). The van der Waals surface area contributed by atoms with Crippen LogP contribution >= 0.6 is 11.6 Å². The number of benzene rings is 1. The van der Waals surface area contributed by atoms with Gasteiger partial charge in [-0.3, -0.25) is 24.2 Å². The van der Waals surface area contributed by atoms with Gasteiger partial charge in [0.25, 0.3) is 5.91 Å². The minimum absolute atomic E-state index is 0.0414. The maximum absolute atomic E-state index is 13.8. The Balaban J connectivity index is 0.864. The highest BCUT2D eigenvalue weighted by atomic mass is 35.5. The average Bonchev–Trinajstić information content (AvgIpc) is 3.16. The molecular formula is C38H44ClN9O4. The molecule has 0 radical (unpaired) electrons. The third-order valence-electron chi connectivity index (χ3n) is 11.1. The largest absolute Gasteiger partial charge is 0.490 e. The number of piperazine rings is 1. The van der Waals surface area contributed by atoms with E-state index >= 15 is 0 Å². The molecule has 3 saturated heterocycles. The Morgan fingerprint density at radius 2 is 1.62 bits per heavy atom. The van der Waals surface area contributed by atoms with Gasteiger partial charge in [0, 0.05) is 70.5 Å². The van der Waals surface area contributed by atoms with Crippen LogP contribution in [0, 0.1) is 17.2 Å². The number of rotatable bonds is 9. The Bertz CT molecular complexity index is 1790. The Morgan fingerprint density at radius 3 is 2.25 bits per heavy atom. The van der Waals surface area contributed by atoms with E-state index in [9.17, 15) is 14.4 Å². The second-order valence-corrected chi connectivity index (χ2v) is 14.7. The van der Waals surface area contributed by atoms with Crippen molar-refractivity contribution in [1.82, 2.24) is 25.0 Å². The first-order valence-electron chi connectivity index (χ1n) is 18.3. The Labute approximate surface area is 308 Å². The molecule has 1 atom stereocenters. The van der Waals surface area contributed by atoms with Crippen LogP contribution in [-0.2, 0) is 9.59 Å². The van der Waals surface area contributed by atoms with Crippen LogP contribution in [0.15, 0.2) is 48.7 Å². The molecule has 3 amide bonds. The number of pyridine rings is 1. The number of ether oxygens (including phenoxy) is 1. The maximum atomic E-state index is 13.8. The molecule has 1 aliphatic carbocycles. The highest BCUT2D eigenvalue weighted by Crippen LogP contribution is 2.35. The Morgan fingerprint density at radius 1 is 0.885 bits per heavy atom. The summed E-state index contributed by atoms with van der Waals surface area (Å²) >= 11 is 6.17. The van der Waals surface area contributed by atoms with Gasteiger partial charge in [-0.05, 0) is 86.8 Å². The van der Waals surface area contributed by atoms with Crippen molar-refractivity contribution in [3.05, 3.63) is 70.5 Å². The number of hydrogen-bond donors (Lipinski definition) is 1. The third-order valence-corrected chi connectivity index (χ3v) is 11.4. The molecule has 4 aliphatic rings. The number of halogens is 1. The van der Waals surface area contributed by atoms with Crippen molar-refractivity contribution in [1.29, 1.82) is 5.26 Å². The molecule has 0 bridgehead atoms. The lowest BCUT2D eigenvalue weighted by atomic mass is 9.86. The van der Waals surface area contributed by atoms with Crippen LogP contribution in [-0.4, -0.2) is 101 Å². The van der Waals surface area contributed by atoms with Crippen LogP contribution in [0.5, 0.6) is 5.75 Å². The molecular weight excluding hydrogens is 682 g/mol. The summed E-state index contributed by atoms with van der Waals surface area (Å²) in [6, 6.07) is 14.5. The summed E-state index contributed by atoms with van der Waals surface area (Å²) in [5, 5.41) is 17.6. The molecule has 1 saturated carbocycles. The number of nitrogens with two attached hydrogens (primary N) is 1. The number of nitriles is 1. The second-order valence-electron chi connectivity index (χ2n) is 14.3. The number of carbonyl (C=O) groups is 3. The van der Waals surface area contributed by atoms with Gasteiger partial charge in [0.1, 0.15) is 17.6 Å². The zero-order valence-electron chi connectivity index (χ0n) is 29.2. The molecule has 1 aromatic carbocycles. The Kier molecular flexibility index (Phi) is 10.8. The smallest absolute Gasteiger partial charge is 0.269 e. The highest BCUT2D eigenvalue weighted by Gasteiger charge is 2.41.